The van der Waals surface area contributed by atoms with Gasteiger partial charge in [0.15, 0.2) is 0 Å². The molecule has 2 saturated carbocycles. The Morgan fingerprint density at radius 1 is 1.17 bits per heavy atom. The first-order valence-corrected chi connectivity index (χ1v) is 7.98. The smallest absolute Gasteiger partial charge is 0.0262 e. The largest absolute Gasteiger partial charge is 0.265 e. The molecule has 0 saturated heterocycles. The number of nitrogens with zero attached hydrogens (tertiary/aromatic N) is 1. The predicted octanol–water partition coefficient (Wildman–Crippen LogP) is 5.12. The van der Waals surface area contributed by atoms with Gasteiger partial charge in [0.1, 0.15) is 0 Å². The molecule has 0 bridgehead atoms. The average molecular weight is 245 g/mol. The molecule has 1 heterocycles. The van der Waals surface area contributed by atoms with E-state index < -0.39 is 0 Å². The topological polar surface area (TPSA) is 12.4 Å². The van der Waals surface area contributed by atoms with Crippen LogP contribution in [0.4, 0.5) is 0 Å². The summed E-state index contributed by atoms with van der Waals surface area (Å²) in [6, 6.07) is 0. The summed E-state index contributed by atoms with van der Waals surface area (Å²) in [4.78, 5) is 4.90. The highest BCUT2D eigenvalue weighted by Gasteiger charge is 2.57. The minimum atomic E-state index is 0.533. The Morgan fingerprint density at radius 3 is 2.78 bits per heavy atom. The van der Waals surface area contributed by atoms with Gasteiger partial charge in [0.25, 0.3) is 0 Å². The molecule has 0 radical (unpaired) electrons. The van der Waals surface area contributed by atoms with Gasteiger partial charge in [-0.1, -0.05) is 39.5 Å². The third-order valence-corrected chi connectivity index (χ3v) is 5.42. The minimum Gasteiger partial charge on any atom is -0.265 e. The van der Waals surface area contributed by atoms with E-state index in [-0.39, 0.29) is 0 Å². The second kappa shape index (κ2) is 4.83. The molecule has 3 rings (SSSR count). The maximum Gasteiger partial charge on any atom is 0.0262 e. The molecule has 0 N–H and O–H groups in total. The maximum absolute atomic E-state index is 4.90. The zero-order chi connectivity index (χ0) is 12.6. The fourth-order valence-electron chi connectivity index (χ4n) is 4.01. The zero-order valence-electron chi connectivity index (χ0n) is 12.0. The van der Waals surface area contributed by atoms with Crippen molar-refractivity contribution in [3.05, 3.63) is 11.8 Å². The quantitative estimate of drug-likeness (QED) is 0.608. The van der Waals surface area contributed by atoms with E-state index in [4.69, 9.17) is 4.99 Å². The highest BCUT2D eigenvalue weighted by Crippen LogP contribution is 2.62. The van der Waals surface area contributed by atoms with Gasteiger partial charge in [-0.2, -0.15) is 0 Å². The minimum absolute atomic E-state index is 0.533. The van der Waals surface area contributed by atoms with Gasteiger partial charge in [-0.25, -0.2) is 0 Å². The molecule has 100 valence electrons. The molecule has 1 spiro atoms. The van der Waals surface area contributed by atoms with Gasteiger partial charge >= 0.3 is 0 Å². The van der Waals surface area contributed by atoms with Crippen molar-refractivity contribution >= 4 is 5.71 Å². The van der Waals surface area contributed by atoms with Crippen LogP contribution in [-0.2, 0) is 0 Å². The van der Waals surface area contributed by atoms with E-state index in [1.807, 2.05) is 0 Å². The summed E-state index contributed by atoms with van der Waals surface area (Å²) >= 11 is 0. The fraction of sp³-hybridized carbons (Fsp3) is 0.824. The second-order valence-corrected chi connectivity index (χ2v) is 6.97. The van der Waals surface area contributed by atoms with Crippen molar-refractivity contribution in [1.82, 2.24) is 0 Å². The summed E-state index contributed by atoms with van der Waals surface area (Å²) in [6.45, 7) is 4.64. The molecule has 1 aliphatic heterocycles. The van der Waals surface area contributed by atoms with E-state index in [2.05, 4.69) is 20.0 Å². The van der Waals surface area contributed by atoms with Crippen LogP contribution in [0.3, 0.4) is 0 Å². The average Bonchev–Trinajstić information content (AvgIpc) is 3.04. The van der Waals surface area contributed by atoms with Crippen LogP contribution in [0, 0.1) is 17.3 Å². The maximum atomic E-state index is 4.90. The molecule has 3 aliphatic rings. The SMILES string of the molecule is CC(C)C1=CN=C2CCCCCCCC3C[C@]23C1. The Labute approximate surface area is 112 Å². The Morgan fingerprint density at radius 2 is 1.94 bits per heavy atom. The molecule has 0 aromatic carbocycles. The van der Waals surface area contributed by atoms with Crippen molar-refractivity contribution in [3.63, 3.8) is 0 Å². The molecule has 2 atom stereocenters. The van der Waals surface area contributed by atoms with Crippen molar-refractivity contribution < 1.29 is 0 Å². The summed E-state index contributed by atoms with van der Waals surface area (Å²) in [5.41, 5.74) is 3.70. The molecular formula is C17H27N. The van der Waals surface area contributed by atoms with Crippen molar-refractivity contribution in [3.8, 4) is 0 Å². The van der Waals surface area contributed by atoms with E-state index in [0.29, 0.717) is 11.3 Å². The lowest BCUT2D eigenvalue weighted by Crippen LogP contribution is -2.23. The van der Waals surface area contributed by atoms with Gasteiger partial charge in [-0.05, 0) is 49.5 Å². The van der Waals surface area contributed by atoms with Gasteiger partial charge in [0.2, 0.25) is 0 Å². The standard InChI is InChI=1S/C17H27N/c1-13(2)14-10-17-11-15(17)8-6-4-3-5-7-9-16(17)18-12-14/h12-13,15H,3-11H2,1-2H3/t15?,17-/m0/s1. The van der Waals surface area contributed by atoms with Crippen molar-refractivity contribution in [2.45, 2.75) is 71.6 Å². The first kappa shape index (κ1) is 12.4. The molecule has 0 aromatic heterocycles. The van der Waals surface area contributed by atoms with Crippen LogP contribution in [0.1, 0.15) is 71.6 Å². The number of allylic oxidation sites excluding steroid dienone is 1. The Hall–Kier alpha value is -0.590. The van der Waals surface area contributed by atoms with Crippen molar-refractivity contribution in [2.75, 3.05) is 0 Å². The Kier molecular flexibility index (Phi) is 3.34. The number of hydrogen-bond acceptors (Lipinski definition) is 1. The lowest BCUT2D eigenvalue weighted by Gasteiger charge is -2.27. The molecule has 1 heteroatoms. The molecule has 1 nitrogen and oxygen atoms in total. The van der Waals surface area contributed by atoms with E-state index >= 15 is 0 Å². The van der Waals surface area contributed by atoms with Crippen LogP contribution in [0.15, 0.2) is 16.8 Å². The summed E-state index contributed by atoms with van der Waals surface area (Å²) in [5.74, 6) is 1.65. The van der Waals surface area contributed by atoms with Crippen LogP contribution in [-0.4, -0.2) is 5.71 Å². The summed E-state index contributed by atoms with van der Waals surface area (Å²) in [7, 11) is 0. The molecular weight excluding hydrogens is 218 g/mol. The van der Waals surface area contributed by atoms with E-state index in [1.165, 1.54) is 57.8 Å². The Bertz CT molecular complexity index is 377. The molecule has 0 aromatic rings. The van der Waals surface area contributed by atoms with Gasteiger partial charge in [0.05, 0.1) is 0 Å². The number of aliphatic imine (C=N–C) groups is 1. The first-order chi connectivity index (χ1) is 8.72. The van der Waals surface area contributed by atoms with E-state index in [0.717, 1.165) is 5.92 Å². The van der Waals surface area contributed by atoms with Crippen LogP contribution >= 0.6 is 0 Å². The van der Waals surface area contributed by atoms with Gasteiger partial charge in [-0.3, -0.25) is 4.99 Å². The van der Waals surface area contributed by atoms with E-state index in [9.17, 15) is 0 Å². The van der Waals surface area contributed by atoms with Gasteiger partial charge in [-0.15, -0.1) is 0 Å². The van der Waals surface area contributed by atoms with Crippen LogP contribution < -0.4 is 0 Å². The molecule has 2 fully saturated rings. The fourth-order valence-corrected chi connectivity index (χ4v) is 4.01. The highest BCUT2D eigenvalue weighted by molar-refractivity contribution is 5.94. The Balaban J connectivity index is 1.81. The highest BCUT2D eigenvalue weighted by atomic mass is 14.8. The predicted molar refractivity (Wildman–Crippen MR) is 77.8 cm³/mol. The number of hydrogen-bond donors (Lipinski definition) is 0. The monoisotopic (exact) mass is 245 g/mol. The zero-order valence-corrected chi connectivity index (χ0v) is 12.0. The van der Waals surface area contributed by atoms with Gasteiger partial charge < -0.3 is 0 Å². The summed E-state index contributed by atoms with van der Waals surface area (Å²) in [5, 5.41) is 0. The molecule has 1 unspecified atom stereocenters. The molecule has 18 heavy (non-hydrogen) atoms. The van der Waals surface area contributed by atoms with Crippen LogP contribution in [0.5, 0.6) is 0 Å². The number of rotatable bonds is 1. The van der Waals surface area contributed by atoms with E-state index in [1.54, 1.807) is 11.3 Å². The molecule has 2 aliphatic carbocycles. The molecule has 0 amide bonds. The summed E-state index contributed by atoms with van der Waals surface area (Å²) in [6.07, 6.45) is 14.9. The normalized spacial score (nSPS) is 36.3. The summed E-state index contributed by atoms with van der Waals surface area (Å²) < 4.78 is 0. The van der Waals surface area contributed by atoms with Crippen molar-refractivity contribution in [1.29, 1.82) is 0 Å². The second-order valence-electron chi connectivity index (χ2n) is 6.97. The van der Waals surface area contributed by atoms with Crippen LogP contribution in [0.25, 0.3) is 0 Å². The lowest BCUT2D eigenvalue weighted by molar-refractivity contribution is 0.481. The lowest BCUT2D eigenvalue weighted by atomic mass is 9.80. The van der Waals surface area contributed by atoms with Crippen LogP contribution in [0.2, 0.25) is 0 Å². The third-order valence-electron chi connectivity index (χ3n) is 5.42. The third kappa shape index (κ3) is 2.17. The first-order valence-electron chi connectivity index (χ1n) is 7.98. The van der Waals surface area contributed by atoms with Crippen molar-refractivity contribution in [2.24, 2.45) is 22.2 Å². The van der Waals surface area contributed by atoms with Gasteiger partial charge in [0, 0.05) is 17.3 Å².